The molecular weight excluding hydrogens is 347 g/mol. The average Bonchev–Trinajstić information content (AvgIpc) is 2.95. The highest BCUT2D eigenvalue weighted by Gasteiger charge is 2.13. The summed E-state index contributed by atoms with van der Waals surface area (Å²) in [6.07, 6.45) is 3.82. The van der Waals surface area contributed by atoms with Crippen LogP contribution in [0.3, 0.4) is 0 Å². The first kappa shape index (κ1) is 18.9. The van der Waals surface area contributed by atoms with Gasteiger partial charge in [0.1, 0.15) is 17.3 Å². The van der Waals surface area contributed by atoms with Crippen LogP contribution in [-0.2, 0) is 21.4 Å². The number of nitrogens with zero attached hydrogens (tertiary/aromatic N) is 1. The molecule has 1 aromatic carbocycles. The molecule has 2 rings (SSSR count). The fraction of sp³-hybridized carbons (Fsp3) is 0.235. The highest BCUT2D eigenvalue weighted by atomic mass is 32.2. The van der Waals surface area contributed by atoms with Crippen molar-refractivity contribution in [3.8, 4) is 0 Å². The van der Waals surface area contributed by atoms with Crippen molar-refractivity contribution in [2.45, 2.75) is 13.5 Å². The zero-order valence-electron chi connectivity index (χ0n) is 14.1. The lowest BCUT2D eigenvalue weighted by Gasteiger charge is -2.11. The van der Waals surface area contributed by atoms with Crippen LogP contribution in [0.1, 0.15) is 17.1 Å². The summed E-state index contributed by atoms with van der Waals surface area (Å²) in [6, 6.07) is 7.40. The summed E-state index contributed by atoms with van der Waals surface area (Å²) in [5, 5.41) is 2.59. The van der Waals surface area contributed by atoms with Crippen LogP contribution in [0.5, 0.6) is 0 Å². The predicted molar refractivity (Wildman–Crippen MR) is 93.8 cm³/mol. The summed E-state index contributed by atoms with van der Waals surface area (Å²) < 4.78 is 42.6. The quantitative estimate of drug-likeness (QED) is 0.797. The van der Waals surface area contributed by atoms with Gasteiger partial charge in [-0.25, -0.2) is 12.8 Å². The maximum Gasteiger partial charge on any atom is 0.248 e. The SMILES string of the molecule is Cc1ccc(F)cc1NC(=O)/C=C/c1ccc(CN(C)S(C)(=O)=O)o1. The van der Waals surface area contributed by atoms with Crippen LogP contribution in [0, 0.1) is 12.7 Å². The number of halogens is 1. The minimum atomic E-state index is -3.30. The molecule has 1 aromatic heterocycles. The van der Waals surface area contributed by atoms with Crippen LogP contribution in [0.2, 0.25) is 0 Å². The topological polar surface area (TPSA) is 79.6 Å². The van der Waals surface area contributed by atoms with Gasteiger partial charge in [0.2, 0.25) is 15.9 Å². The summed E-state index contributed by atoms with van der Waals surface area (Å²) in [5.74, 6) is -0.00701. The number of furan rings is 1. The molecule has 8 heteroatoms. The van der Waals surface area contributed by atoms with Gasteiger partial charge in [-0.15, -0.1) is 0 Å². The Kier molecular flexibility index (Phi) is 5.76. The summed E-state index contributed by atoms with van der Waals surface area (Å²) in [5.41, 5.74) is 1.14. The summed E-state index contributed by atoms with van der Waals surface area (Å²) >= 11 is 0. The molecule has 25 heavy (non-hydrogen) atoms. The van der Waals surface area contributed by atoms with E-state index in [9.17, 15) is 17.6 Å². The van der Waals surface area contributed by atoms with Gasteiger partial charge in [0.15, 0.2) is 0 Å². The van der Waals surface area contributed by atoms with E-state index in [0.717, 1.165) is 16.1 Å². The molecule has 0 unspecified atom stereocenters. The molecule has 0 saturated carbocycles. The normalized spacial score (nSPS) is 12.0. The van der Waals surface area contributed by atoms with Crippen molar-refractivity contribution in [1.82, 2.24) is 4.31 Å². The molecule has 2 aromatic rings. The maximum atomic E-state index is 13.2. The Bertz CT molecular complexity index is 903. The number of carbonyl (C=O) groups is 1. The molecule has 1 amide bonds. The number of carbonyl (C=O) groups excluding carboxylic acids is 1. The molecule has 0 aliphatic carbocycles. The standard InChI is InChI=1S/C17H19FN2O4S/c1-12-4-5-13(18)10-16(12)19-17(21)9-8-14-6-7-15(24-14)11-20(2)25(3,22)23/h4-10H,11H2,1-3H3,(H,19,21)/b9-8+. The lowest BCUT2D eigenvalue weighted by atomic mass is 10.2. The number of aryl methyl sites for hydroxylation is 1. The number of hydrogen-bond acceptors (Lipinski definition) is 4. The van der Waals surface area contributed by atoms with E-state index in [1.165, 1.54) is 31.3 Å². The number of rotatable bonds is 6. The first-order valence-electron chi connectivity index (χ1n) is 7.40. The summed E-state index contributed by atoms with van der Waals surface area (Å²) in [6.45, 7) is 1.86. The molecular formula is C17H19FN2O4S. The third-order valence-electron chi connectivity index (χ3n) is 3.48. The number of sulfonamides is 1. The van der Waals surface area contributed by atoms with Crippen LogP contribution >= 0.6 is 0 Å². The Hall–Kier alpha value is -2.45. The van der Waals surface area contributed by atoms with Crippen LogP contribution in [-0.4, -0.2) is 31.9 Å². The molecule has 0 atom stereocenters. The first-order chi connectivity index (χ1) is 11.6. The first-order valence-corrected chi connectivity index (χ1v) is 9.25. The van der Waals surface area contributed by atoms with Crippen LogP contribution in [0.25, 0.3) is 6.08 Å². The number of nitrogens with one attached hydrogen (secondary N) is 1. The highest BCUT2D eigenvalue weighted by Crippen LogP contribution is 2.16. The van der Waals surface area contributed by atoms with Gasteiger partial charge in [-0.05, 0) is 42.8 Å². The van der Waals surface area contributed by atoms with Crippen LogP contribution in [0.4, 0.5) is 10.1 Å². The Labute approximate surface area is 146 Å². The third-order valence-corrected chi connectivity index (χ3v) is 4.74. The Morgan fingerprint density at radius 2 is 2.04 bits per heavy atom. The van der Waals surface area contributed by atoms with Gasteiger partial charge in [0, 0.05) is 18.8 Å². The monoisotopic (exact) mass is 366 g/mol. The molecule has 0 bridgehead atoms. The van der Waals surface area contributed by atoms with E-state index in [1.54, 1.807) is 25.1 Å². The summed E-state index contributed by atoms with van der Waals surface area (Å²) in [7, 11) is -1.85. The van der Waals surface area contributed by atoms with Gasteiger partial charge in [-0.1, -0.05) is 6.07 Å². The minimum absolute atomic E-state index is 0.0986. The molecule has 0 spiro atoms. The Morgan fingerprint density at radius 1 is 1.32 bits per heavy atom. The zero-order valence-corrected chi connectivity index (χ0v) is 14.9. The number of anilines is 1. The average molecular weight is 366 g/mol. The lowest BCUT2D eigenvalue weighted by molar-refractivity contribution is -0.111. The van der Waals surface area contributed by atoms with Crippen LogP contribution in [0.15, 0.2) is 40.8 Å². The van der Waals surface area contributed by atoms with Gasteiger partial charge in [0.05, 0.1) is 12.8 Å². The number of hydrogen-bond donors (Lipinski definition) is 1. The summed E-state index contributed by atoms with van der Waals surface area (Å²) in [4.78, 5) is 11.9. The fourth-order valence-electron chi connectivity index (χ4n) is 1.97. The largest absolute Gasteiger partial charge is 0.460 e. The van der Waals surface area contributed by atoms with E-state index in [4.69, 9.17) is 4.42 Å². The third kappa shape index (κ3) is 5.54. The molecule has 6 nitrogen and oxygen atoms in total. The molecule has 0 aliphatic rings. The molecule has 0 radical (unpaired) electrons. The van der Waals surface area contributed by atoms with E-state index in [2.05, 4.69) is 5.32 Å². The van der Waals surface area contributed by atoms with E-state index in [1.807, 2.05) is 0 Å². The van der Waals surface area contributed by atoms with Crippen molar-refractivity contribution in [3.63, 3.8) is 0 Å². The lowest BCUT2D eigenvalue weighted by Crippen LogP contribution is -2.24. The van der Waals surface area contributed by atoms with E-state index in [-0.39, 0.29) is 6.54 Å². The van der Waals surface area contributed by atoms with Gasteiger partial charge in [-0.3, -0.25) is 4.79 Å². The van der Waals surface area contributed by atoms with Crippen LogP contribution < -0.4 is 5.32 Å². The van der Waals surface area contributed by atoms with Crippen molar-refractivity contribution < 1.29 is 22.0 Å². The molecule has 0 saturated heterocycles. The van der Waals surface area contributed by atoms with Crippen molar-refractivity contribution in [2.24, 2.45) is 0 Å². The second-order valence-electron chi connectivity index (χ2n) is 5.60. The molecule has 1 N–H and O–H groups in total. The van der Waals surface area contributed by atoms with Crippen molar-refractivity contribution >= 4 is 27.7 Å². The molecule has 1 heterocycles. The van der Waals surface area contributed by atoms with Gasteiger partial charge < -0.3 is 9.73 Å². The maximum absolute atomic E-state index is 13.2. The van der Waals surface area contributed by atoms with Gasteiger partial charge in [-0.2, -0.15) is 4.31 Å². The van der Waals surface area contributed by atoms with E-state index in [0.29, 0.717) is 17.2 Å². The molecule has 134 valence electrons. The van der Waals surface area contributed by atoms with Gasteiger partial charge >= 0.3 is 0 Å². The second-order valence-corrected chi connectivity index (χ2v) is 7.69. The second kappa shape index (κ2) is 7.62. The Morgan fingerprint density at radius 3 is 2.72 bits per heavy atom. The molecule has 0 aliphatic heterocycles. The van der Waals surface area contributed by atoms with E-state index < -0.39 is 21.7 Å². The molecule has 0 fully saturated rings. The predicted octanol–water partition coefficient (Wildman–Crippen LogP) is 2.77. The number of benzene rings is 1. The number of amides is 1. The van der Waals surface area contributed by atoms with Gasteiger partial charge in [0.25, 0.3) is 0 Å². The van der Waals surface area contributed by atoms with Crippen molar-refractivity contribution in [1.29, 1.82) is 0 Å². The van der Waals surface area contributed by atoms with E-state index >= 15 is 0 Å². The zero-order chi connectivity index (χ0) is 18.6. The highest BCUT2D eigenvalue weighted by molar-refractivity contribution is 7.88. The fourth-order valence-corrected chi connectivity index (χ4v) is 2.33. The smallest absolute Gasteiger partial charge is 0.248 e. The minimum Gasteiger partial charge on any atom is -0.460 e. The van der Waals surface area contributed by atoms with Crippen molar-refractivity contribution in [2.75, 3.05) is 18.6 Å². The Balaban J connectivity index is 2.00. The van der Waals surface area contributed by atoms with Crippen molar-refractivity contribution in [3.05, 3.63) is 59.3 Å².